The molecule has 6 heteroatoms. The summed E-state index contributed by atoms with van der Waals surface area (Å²) in [6.07, 6.45) is 1.53. The SMILES string of the molecule is CC(C)NC(=O)CNCc1ncccc1C(=O)O. The highest BCUT2D eigenvalue weighted by molar-refractivity contribution is 5.88. The second kappa shape index (κ2) is 6.70. The lowest BCUT2D eigenvalue weighted by Crippen LogP contribution is -2.37. The van der Waals surface area contributed by atoms with Crippen LogP contribution >= 0.6 is 0 Å². The Hall–Kier alpha value is -1.95. The van der Waals surface area contributed by atoms with Gasteiger partial charge in [-0.1, -0.05) is 0 Å². The monoisotopic (exact) mass is 251 g/mol. The number of hydrogen-bond donors (Lipinski definition) is 3. The first kappa shape index (κ1) is 14.1. The van der Waals surface area contributed by atoms with Crippen LogP contribution in [0.3, 0.4) is 0 Å². The number of nitrogens with one attached hydrogen (secondary N) is 2. The smallest absolute Gasteiger partial charge is 0.337 e. The van der Waals surface area contributed by atoms with Crippen LogP contribution in [0.4, 0.5) is 0 Å². The van der Waals surface area contributed by atoms with Gasteiger partial charge < -0.3 is 15.7 Å². The molecule has 0 saturated heterocycles. The molecule has 1 amide bonds. The normalized spacial score (nSPS) is 10.4. The lowest BCUT2D eigenvalue weighted by molar-refractivity contribution is -0.120. The molecule has 1 heterocycles. The molecule has 0 radical (unpaired) electrons. The van der Waals surface area contributed by atoms with Crippen molar-refractivity contribution in [2.75, 3.05) is 6.54 Å². The number of carboxylic acid groups (broad SMARTS) is 1. The van der Waals surface area contributed by atoms with E-state index in [2.05, 4.69) is 15.6 Å². The average Bonchev–Trinajstić information content (AvgIpc) is 2.28. The van der Waals surface area contributed by atoms with Gasteiger partial charge in [-0.2, -0.15) is 0 Å². The van der Waals surface area contributed by atoms with Crippen molar-refractivity contribution in [3.05, 3.63) is 29.6 Å². The van der Waals surface area contributed by atoms with Gasteiger partial charge in [0.25, 0.3) is 0 Å². The van der Waals surface area contributed by atoms with Gasteiger partial charge in [-0.25, -0.2) is 4.79 Å². The van der Waals surface area contributed by atoms with Crippen LogP contribution in [0, 0.1) is 0 Å². The Morgan fingerprint density at radius 3 is 2.78 bits per heavy atom. The van der Waals surface area contributed by atoms with Crippen LogP contribution in [0.25, 0.3) is 0 Å². The van der Waals surface area contributed by atoms with E-state index >= 15 is 0 Å². The van der Waals surface area contributed by atoms with Crippen LogP contribution in [0.15, 0.2) is 18.3 Å². The van der Waals surface area contributed by atoms with Crippen molar-refractivity contribution in [3.8, 4) is 0 Å². The highest BCUT2D eigenvalue weighted by Crippen LogP contribution is 2.04. The number of amides is 1. The summed E-state index contributed by atoms with van der Waals surface area (Å²) in [5.74, 6) is -1.15. The standard InChI is InChI=1S/C12H17N3O3/c1-8(2)15-11(16)7-13-6-10-9(12(17)18)4-3-5-14-10/h3-5,8,13H,6-7H2,1-2H3,(H,15,16)(H,17,18). The molecule has 0 atom stereocenters. The van der Waals surface area contributed by atoms with E-state index in [1.165, 1.54) is 12.3 Å². The number of hydrogen-bond acceptors (Lipinski definition) is 4. The molecule has 1 aromatic rings. The lowest BCUT2D eigenvalue weighted by Gasteiger charge is -2.09. The van der Waals surface area contributed by atoms with E-state index in [1.807, 2.05) is 13.8 Å². The minimum Gasteiger partial charge on any atom is -0.478 e. The molecular weight excluding hydrogens is 234 g/mol. The fourth-order valence-electron chi connectivity index (χ4n) is 1.44. The van der Waals surface area contributed by atoms with E-state index in [0.29, 0.717) is 5.69 Å². The van der Waals surface area contributed by atoms with E-state index in [-0.39, 0.29) is 30.6 Å². The number of carbonyl (C=O) groups excluding carboxylic acids is 1. The van der Waals surface area contributed by atoms with Gasteiger partial charge in [0.1, 0.15) is 0 Å². The van der Waals surface area contributed by atoms with Gasteiger partial charge in [0.2, 0.25) is 5.91 Å². The van der Waals surface area contributed by atoms with Crippen molar-refractivity contribution in [3.63, 3.8) is 0 Å². The topological polar surface area (TPSA) is 91.3 Å². The van der Waals surface area contributed by atoms with Crippen LogP contribution in [0.2, 0.25) is 0 Å². The number of carboxylic acids is 1. The van der Waals surface area contributed by atoms with E-state index in [0.717, 1.165) is 0 Å². The molecule has 6 nitrogen and oxygen atoms in total. The molecule has 0 aromatic carbocycles. The van der Waals surface area contributed by atoms with E-state index < -0.39 is 5.97 Å². The Labute approximate surface area is 105 Å². The Morgan fingerprint density at radius 1 is 1.44 bits per heavy atom. The number of rotatable bonds is 6. The first-order valence-electron chi connectivity index (χ1n) is 5.68. The molecule has 0 aliphatic rings. The Morgan fingerprint density at radius 2 is 2.17 bits per heavy atom. The van der Waals surface area contributed by atoms with Gasteiger partial charge in [0, 0.05) is 18.8 Å². The molecule has 0 spiro atoms. The first-order chi connectivity index (χ1) is 8.50. The van der Waals surface area contributed by atoms with Crippen molar-refractivity contribution in [2.45, 2.75) is 26.4 Å². The number of pyridine rings is 1. The summed E-state index contributed by atoms with van der Waals surface area (Å²) in [6, 6.07) is 3.14. The fourth-order valence-corrected chi connectivity index (χ4v) is 1.44. The van der Waals surface area contributed by atoms with Gasteiger partial charge in [-0.3, -0.25) is 9.78 Å². The minimum absolute atomic E-state index is 0.0868. The molecule has 0 saturated carbocycles. The third-order valence-corrected chi connectivity index (χ3v) is 2.15. The maximum atomic E-state index is 11.4. The van der Waals surface area contributed by atoms with E-state index in [9.17, 15) is 9.59 Å². The maximum absolute atomic E-state index is 11.4. The second-order valence-electron chi connectivity index (χ2n) is 4.13. The highest BCUT2D eigenvalue weighted by Gasteiger charge is 2.10. The van der Waals surface area contributed by atoms with Crippen molar-refractivity contribution in [1.29, 1.82) is 0 Å². The van der Waals surface area contributed by atoms with Gasteiger partial charge in [0.15, 0.2) is 0 Å². The predicted octanol–water partition coefficient (Wildman–Crippen LogP) is 0.394. The van der Waals surface area contributed by atoms with Crippen molar-refractivity contribution in [2.24, 2.45) is 0 Å². The molecule has 0 aliphatic heterocycles. The minimum atomic E-state index is -1.02. The molecule has 0 fully saturated rings. The summed E-state index contributed by atoms with van der Waals surface area (Å²) in [6.45, 7) is 4.13. The Kier molecular flexibility index (Phi) is 5.26. The molecule has 98 valence electrons. The number of aromatic carboxylic acids is 1. The third kappa shape index (κ3) is 4.50. The zero-order valence-corrected chi connectivity index (χ0v) is 10.4. The molecule has 18 heavy (non-hydrogen) atoms. The van der Waals surface area contributed by atoms with E-state index in [4.69, 9.17) is 5.11 Å². The van der Waals surface area contributed by atoms with Gasteiger partial charge >= 0.3 is 5.97 Å². The second-order valence-corrected chi connectivity index (χ2v) is 4.13. The molecule has 0 aliphatic carbocycles. The van der Waals surface area contributed by atoms with Crippen molar-refractivity contribution in [1.82, 2.24) is 15.6 Å². The summed E-state index contributed by atoms with van der Waals surface area (Å²) >= 11 is 0. The summed E-state index contributed by atoms with van der Waals surface area (Å²) in [4.78, 5) is 26.3. The summed E-state index contributed by atoms with van der Waals surface area (Å²) in [5, 5.41) is 14.5. The van der Waals surface area contributed by atoms with Gasteiger partial charge in [-0.05, 0) is 26.0 Å². The van der Waals surface area contributed by atoms with Crippen molar-refractivity contribution >= 4 is 11.9 Å². The zero-order valence-electron chi connectivity index (χ0n) is 10.4. The molecule has 0 unspecified atom stereocenters. The van der Waals surface area contributed by atoms with Crippen LogP contribution in [0.1, 0.15) is 29.9 Å². The zero-order chi connectivity index (χ0) is 13.5. The summed E-state index contributed by atoms with van der Waals surface area (Å²) < 4.78 is 0. The third-order valence-electron chi connectivity index (χ3n) is 2.15. The predicted molar refractivity (Wildman–Crippen MR) is 66.2 cm³/mol. The quantitative estimate of drug-likeness (QED) is 0.680. The molecule has 3 N–H and O–H groups in total. The summed E-state index contributed by atoms with van der Waals surface area (Å²) in [7, 11) is 0. The summed E-state index contributed by atoms with van der Waals surface area (Å²) in [5.41, 5.74) is 0.566. The Balaban J connectivity index is 2.49. The highest BCUT2D eigenvalue weighted by atomic mass is 16.4. The number of carbonyl (C=O) groups is 2. The largest absolute Gasteiger partial charge is 0.478 e. The van der Waals surface area contributed by atoms with Crippen molar-refractivity contribution < 1.29 is 14.7 Å². The molecule has 1 aromatic heterocycles. The number of aromatic nitrogens is 1. The van der Waals surface area contributed by atoms with Crippen LogP contribution in [0.5, 0.6) is 0 Å². The number of nitrogens with zero attached hydrogens (tertiary/aromatic N) is 1. The van der Waals surface area contributed by atoms with Gasteiger partial charge in [-0.15, -0.1) is 0 Å². The molecule has 0 bridgehead atoms. The van der Waals surface area contributed by atoms with Crippen LogP contribution in [-0.2, 0) is 11.3 Å². The molecule has 1 rings (SSSR count). The molecular formula is C12H17N3O3. The fraction of sp³-hybridized carbons (Fsp3) is 0.417. The Bertz CT molecular complexity index is 432. The van der Waals surface area contributed by atoms with E-state index in [1.54, 1.807) is 6.07 Å². The van der Waals surface area contributed by atoms with Crippen LogP contribution < -0.4 is 10.6 Å². The maximum Gasteiger partial charge on any atom is 0.337 e. The lowest BCUT2D eigenvalue weighted by atomic mass is 10.2. The average molecular weight is 251 g/mol. The van der Waals surface area contributed by atoms with Gasteiger partial charge in [0.05, 0.1) is 17.8 Å². The van der Waals surface area contributed by atoms with Crippen LogP contribution in [-0.4, -0.2) is 34.6 Å². The first-order valence-corrected chi connectivity index (χ1v) is 5.68.